The van der Waals surface area contributed by atoms with E-state index >= 15 is 0 Å². The van der Waals surface area contributed by atoms with Gasteiger partial charge >= 0.3 is 0 Å². The Morgan fingerprint density at radius 3 is 2.88 bits per heavy atom. The number of methoxy groups -OCH3 is 1. The average Bonchev–Trinajstić information content (AvgIpc) is 2.40. The van der Waals surface area contributed by atoms with Gasteiger partial charge in [-0.25, -0.2) is 0 Å². The zero-order valence-corrected chi connectivity index (χ0v) is 9.34. The van der Waals surface area contributed by atoms with Crippen LogP contribution in [0.4, 0.5) is 11.4 Å². The van der Waals surface area contributed by atoms with Crippen LogP contribution in [0.5, 0.6) is 5.75 Å². The fourth-order valence-corrected chi connectivity index (χ4v) is 1.44. The van der Waals surface area contributed by atoms with E-state index in [2.05, 4.69) is 16.4 Å². The van der Waals surface area contributed by atoms with Crippen LogP contribution in [-0.2, 0) is 0 Å². The Hall–Kier alpha value is -2.54. The molecule has 2 aromatic rings. The Kier molecular flexibility index (Phi) is 3.22. The first-order valence-electron chi connectivity index (χ1n) is 5.08. The Balaban J connectivity index is 2.34. The van der Waals surface area contributed by atoms with E-state index in [0.29, 0.717) is 17.0 Å². The van der Waals surface area contributed by atoms with E-state index < -0.39 is 0 Å². The second kappa shape index (κ2) is 4.99. The van der Waals surface area contributed by atoms with E-state index in [1.165, 1.54) is 0 Å². The van der Waals surface area contributed by atoms with Crippen molar-refractivity contribution in [3.63, 3.8) is 0 Å². The van der Waals surface area contributed by atoms with Crippen molar-refractivity contribution in [2.45, 2.75) is 0 Å². The highest BCUT2D eigenvalue weighted by Crippen LogP contribution is 2.24. The summed E-state index contributed by atoms with van der Waals surface area (Å²) in [6.45, 7) is 0. The molecule has 0 aliphatic carbocycles. The number of nitriles is 1. The van der Waals surface area contributed by atoms with E-state index in [-0.39, 0.29) is 0 Å². The van der Waals surface area contributed by atoms with E-state index in [9.17, 15) is 0 Å². The van der Waals surface area contributed by atoms with Gasteiger partial charge in [-0.05, 0) is 24.3 Å². The molecule has 0 amide bonds. The van der Waals surface area contributed by atoms with Crippen LogP contribution in [0, 0.1) is 11.3 Å². The summed E-state index contributed by atoms with van der Waals surface area (Å²) < 4.78 is 5.13. The number of ether oxygens (including phenoxy) is 1. The highest BCUT2D eigenvalue weighted by Gasteiger charge is 2.04. The fraction of sp³-hybridized carbons (Fsp3) is 0.0769. The predicted octanol–water partition coefficient (Wildman–Crippen LogP) is 2.71. The van der Waals surface area contributed by atoms with E-state index in [1.807, 2.05) is 12.1 Å². The van der Waals surface area contributed by atoms with Crippen molar-refractivity contribution in [1.29, 1.82) is 5.26 Å². The lowest BCUT2D eigenvalue weighted by atomic mass is 10.2. The fourth-order valence-electron chi connectivity index (χ4n) is 1.44. The van der Waals surface area contributed by atoms with Crippen LogP contribution in [0.3, 0.4) is 0 Å². The van der Waals surface area contributed by atoms with Crippen LogP contribution < -0.4 is 10.1 Å². The average molecular weight is 225 g/mol. The number of hydrogen-bond donors (Lipinski definition) is 1. The largest absolute Gasteiger partial charge is 0.497 e. The number of nitrogens with one attached hydrogen (secondary N) is 1. The van der Waals surface area contributed by atoms with E-state index in [0.717, 1.165) is 5.69 Å². The van der Waals surface area contributed by atoms with Crippen molar-refractivity contribution < 1.29 is 4.74 Å². The Labute approximate surface area is 99.5 Å². The minimum absolute atomic E-state index is 0.564. The van der Waals surface area contributed by atoms with Crippen LogP contribution in [0.25, 0.3) is 0 Å². The van der Waals surface area contributed by atoms with Crippen molar-refractivity contribution in [2.24, 2.45) is 0 Å². The van der Waals surface area contributed by atoms with Gasteiger partial charge in [-0.2, -0.15) is 5.26 Å². The van der Waals surface area contributed by atoms with E-state index in [1.54, 1.807) is 37.7 Å². The molecule has 0 saturated heterocycles. The van der Waals surface area contributed by atoms with Gasteiger partial charge in [0.15, 0.2) is 0 Å². The van der Waals surface area contributed by atoms with Crippen LogP contribution in [-0.4, -0.2) is 12.1 Å². The van der Waals surface area contributed by atoms with Crippen LogP contribution in [0.1, 0.15) is 5.56 Å². The molecule has 17 heavy (non-hydrogen) atoms. The molecule has 1 N–H and O–H groups in total. The summed E-state index contributed by atoms with van der Waals surface area (Å²) in [7, 11) is 1.59. The molecule has 0 spiro atoms. The monoisotopic (exact) mass is 225 g/mol. The molecule has 0 saturated carbocycles. The summed E-state index contributed by atoms with van der Waals surface area (Å²) in [5, 5.41) is 12.1. The molecule has 0 unspecified atom stereocenters. The Morgan fingerprint density at radius 1 is 1.35 bits per heavy atom. The van der Waals surface area contributed by atoms with Crippen molar-refractivity contribution >= 4 is 11.4 Å². The zero-order chi connectivity index (χ0) is 12.1. The van der Waals surface area contributed by atoms with Crippen molar-refractivity contribution in [3.05, 3.63) is 48.3 Å². The van der Waals surface area contributed by atoms with Crippen LogP contribution >= 0.6 is 0 Å². The number of hydrogen-bond acceptors (Lipinski definition) is 4. The summed E-state index contributed by atoms with van der Waals surface area (Å²) in [4.78, 5) is 4.00. The van der Waals surface area contributed by atoms with Gasteiger partial charge < -0.3 is 10.1 Å². The van der Waals surface area contributed by atoms with Crippen molar-refractivity contribution in [3.8, 4) is 11.8 Å². The van der Waals surface area contributed by atoms with Crippen molar-refractivity contribution in [1.82, 2.24) is 4.98 Å². The van der Waals surface area contributed by atoms with Gasteiger partial charge in [0.2, 0.25) is 0 Å². The third-order valence-corrected chi connectivity index (χ3v) is 2.29. The summed E-state index contributed by atoms with van der Waals surface area (Å²) in [5.41, 5.74) is 2.10. The molecular weight excluding hydrogens is 214 g/mol. The molecule has 2 rings (SSSR count). The molecule has 0 fully saturated rings. The number of rotatable bonds is 3. The third kappa shape index (κ3) is 2.52. The van der Waals surface area contributed by atoms with Gasteiger partial charge in [0.1, 0.15) is 11.8 Å². The number of aromatic nitrogens is 1. The normalized spacial score (nSPS) is 9.41. The standard InChI is InChI=1S/C13H11N3O/c1-17-12-5-4-10(8-14)13(7-12)16-11-3-2-6-15-9-11/h2-7,9,16H,1H3. The maximum atomic E-state index is 9.01. The quantitative estimate of drug-likeness (QED) is 0.872. The Bertz CT molecular complexity index is 546. The van der Waals surface area contributed by atoms with Gasteiger partial charge in [-0.3, -0.25) is 4.98 Å². The molecule has 4 nitrogen and oxygen atoms in total. The lowest BCUT2D eigenvalue weighted by molar-refractivity contribution is 0.415. The topological polar surface area (TPSA) is 57.9 Å². The molecule has 0 atom stereocenters. The van der Waals surface area contributed by atoms with Gasteiger partial charge in [0.25, 0.3) is 0 Å². The first kappa shape index (κ1) is 11.0. The van der Waals surface area contributed by atoms with Crippen LogP contribution in [0.2, 0.25) is 0 Å². The molecule has 1 aromatic carbocycles. The second-order valence-corrected chi connectivity index (χ2v) is 3.39. The number of benzene rings is 1. The first-order chi connectivity index (χ1) is 8.33. The summed E-state index contributed by atoms with van der Waals surface area (Å²) >= 11 is 0. The molecule has 1 heterocycles. The number of pyridine rings is 1. The summed E-state index contributed by atoms with van der Waals surface area (Å²) in [6.07, 6.45) is 3.39. The molecule has 0 bridgehead atoms. The molecule has 0 radical (unpaired) electrons. The molecule has 0 aliphatic rings. The first-order valence-corrected chi connectivity index (χ1v) is 5.08. The predicted molar refractivity (Wildman–Crippen MR) is 65.2 cm³/mol. The third-order valence-electron chi connectivity index (χ3n) is 2.29. The number of anilines is 2. The highest BCUT2D eigenvalue weighted by atomic mass is 16.5. The number of nitrogens with zero attached hydrogens (tertiary/aromatic N) is 2. The minimum Gasteiger partial charge on any atom is -0.497 e. The lowest BCUT2D eigenvalue weighted by Crippen LogP contribution is -1.95. The molecule has 84 valence electrons. The van der Waals surface area contributed by atoms with Crippen LogP contribution in [0.15, 0.2) is 42.7 Å². The van der Waals surface area contributed by atoms with Gasteiger partial charge in [-0.1, -0.05) is 0 Å². The minimum atomic E-state index is 0.564. The highest BCUT2D eigenvalue weighted by molar-refractivity contribution is 5.67. The molecular formula is C13H11N3O. The maximum Gasteiger partial charge on any atom is 0.121 e. The summed E-state index contributed by atoms with van der Waals surface area (Å²) in [6, 6.07) is 11.1. The second-order valence-electron chi connectivity index (χ2n) is 3.39. The Morgan fingerprint density at radius 2 is 2.24 bits per heavy atom. The lowest BCUT2D eigenvalue weighted by Gasteiger charge is -2.09. The van der Waals surface area contributed by atoms with E-state index in [4.69, 9.17) is 10.00 Å². The smallest absolute Gasteiger partial charge is 0.121 e. The SMILES string of the molecule is COc1ccc(C#N)c(Nc2cccnc2)c1. The maximum absolute atomic E-state index is 9.01. The van der Waals surface area contributed by atoms with Gasteiger partial charge in [0.05, 0.1) is 30.2 Å². The van der Waals surface area contributed by atoms with Gasteiger partial charge in [0, 0.05) is 12.3 Å². The van der Waals surface area contributed by atoms with Crippen molar-refractivity contribution in [2.75, 3.05) is 12.4 Å². The van der Waals surface area contributed by atoms with Gasteiger partial charge in [-0.15, -0.1) is 0 Å². The summed E-state index contributed by atoms with van der Waals surface area (Å²) in [5.74, 6) is 0.704. The molecule has 1 aromatic heterocycles. The zero-order valence-electron chi connectivity index (χ0n) is 9.34. The molecule has 4 heteroatoms. The molecule has 0 aliphatic heterocycles.